The van der Waals surface area contributed by atoms with Gasteiger partial charge >= 0.3 is 0 Å². The van der Waals surface area contributed by atoms with Crippen LogP contribution in [0.3, 0.4) is 0 Å². The lowest BCUT2D eigenvalue weighted by Crippen LogP contribution is -2.51. The van der Waals surface area contributed by atoms with Crippen LogP contribution in [0.4, 0.5) is 0 Å². The van der Waals surface area contributed by atoms with Gasteiger partial charge in [-0.15, -0.1) is 0 Å². The lowest BCUT2D eigenvalue weighted by atomic mass is 9.85. The van der Waals surface area contributed by atoms with Crippen LogP contribution in [-0.4, -0.2) is 30.2 Å². The summed E-state index contributed by atoms with van der Waals surface area (Å²) in [7, 11) is 0. The summed E-state index contributed by atoms with van der Waals surface area (Å²) in [5, 5.41) is 10.0. The van der Waals surface area contributed by atoms with Crippen LogP contribution >= 0.6 is 0 Å². The van der Waals surface area contributed by atoms with E-state index in [1.54, 1.807) is 0 Å². The van der Waals surface area contributed by atoms with E-state index < -0.39 is 6.29 Å². The highest BCUT2D eigenvalue weighted by atomic mass is 16.6. The molecule has 1 aromatic carbocycles. The molecule has 0 aromatic heterocycles. The van der Waals surface area contributed by atoms with E-state index in [-0.39, 0.29) is 24.0 Å². The SMILES string of the molecule is CC1C(O)OC2COCc3ccccc3CO[C@@H]1[C@H]2C. The van der Waals surface area contributed by atoms with Crippen LogP contribution in [0.5, 0.6) is 0 Å². The van der Waals surface area contributed by atoms with Crippen molar-refractivity contribution in [1.82, 2.24) is 0 Å². The Morgan fingerprint density at radius 3 is 2.50 bits per heavy atom. The summed E-state index contributed by atoms with van der Waals surface area (Å²) < 4.78 is 17.6. The smallest absolute Gasteiger partial charge is 0.160 e. The molecule has 1 N–H and O–H groups in total. The summed E-state index contributed by atoms with van der Waals surface area (Å²) in [5.74, 6) is 0.173. The predicted molar refractivity (Wildman–Crippen MR) is 73.9 cm³/mol. The van der Waals surface area contributed by atoms with E-state index in [9.17, 15) is 5.11 Å². The van der Waals surface area contributed by atoms with Gasteiger partial charge in [0.05, 0.1) is 32.0 Å². The molecule has 1 fully saturated rings. The number of benzene rings is 1. The van der Waals surface area contributed by atoms with Crippen LogP contribution in [0.1, 0.15) is 25.0 Å². The third kappa shape index (κ3) is 2.61. The van der Waals surface area contributed by atoms with Gasteiger partial charge in [0.1, 0.15) is 0 Å². The second-order valence-corrected chi connectivity index (χ2v) is 5.84. The molecule has 20 heavy (non-hydrogen) atoms. The zero-order valence-corrected chi connectivity index (χ0v) is 12.0. The number of aliphatic hydroxyl groups excluding tert-OH is 1. The molecule has 4 nitrogen and oxygen atoms in total. The highest BCUT2D eigenvalue weighted by Crippen LogP contribution is 2.33. The van der Waals surface area contributed by atoms with Gasteiger partial charge in [-0.25, -0.2) is 0 Å². The van der Waals surface area contributed by atoms with E-state index in [1.807, 2.05) is 19.1 Å². The normalized spacial score (nSPS) is 38.0. The largest absolute Gasteiger partial charge is 0.374 e. The first-order valence-corrected chi connectivity index (χ1v) is 7.26. The van der Waals surface area contributed by atoms with Crippen molar-refractivity contribution < 1.29 is 19.3 Å². The predicted octanol–water partition coefficient (Wildman–Crippen LogP) is 2.09. The van der Waals surface area contributed by atoms with E-state index in [0.717, 1.165) is 11.1 Å². The average Bonchev–Trinajstić information content (AvgIpc) is 2.45. The van der Waals surface area contributed by atoms with E-state index in [2.05, 4.69) is 19.1 Å². The van der Waals surface area contributed by atoms with Gasteiger partial charge < -0.3 is 19.3 Å². The van der Waals surface area contributed by atoms with Crippen LogP contribution in [-0.2, 0) is 27.4 Å². The average molecular weight is 278 g/mol. The molecule has 3 unspecified atom stereocenters. The van der Waals surface area contributed by atoms with Gasteiger partial charge in [-0.05, 0) is 11.1 Å². The van der Waals surface area contributed by atoms with Crippen molar-refractivity contribution in [1.29, 1.82) is 0 Å². The molecular formula is C16H22O4. The Balaban J connectivity index is 1.86. The van der Waals surface area contributed by atoms with Crippen molar-refractivity contribution in [2.45, 2.75) is 45.6 Å². The Bertz CT molecular complexity index is 462. The minimum atomic E-state index is -0.778. The monoisotopic (exact) mass is 278 g/mol. The fourth-order valence-electron chi connectivity index (χ4n) is 3.08. The van der Waals surface area contributed by atoms with Gasteiger partial charge in [0.15, 0.2) is 6.29 Å². The standard InChI is InChI=1S/C16H22O4/c1-10-14-9-18-7-12-5-3-4-6-13(12)8-19-15(10)11(2)16(17)20-14/h3-6,10-11,14-17H,7-9H2,1-2H3/t10-,11?,14?,15+,16?/m0/s1. The molecule has 2 heterocycles. The van der Waals surface area contributed by atoms with Gasteiger partial charge in [0, 0.05) is 11.8 Å². The minimum absolute atomic E-state index is 0.0153. The maximum Gasteiger partial charge on any atom is 0.160 e. The first kappa shape index (κ1) is 14.0. The first-order valence-electron chi connectivity index (χ1n) is 7.26. The Labute approximate surface area is 119 Å². The molecule has 1 saturated heterocycles. The third-order valence-electron chi connectivity index (χ3n) is 4.48. The minimum Gasteiger partial charge on any atom is -0.374 e. The number of rotatable bonds is 0. The molecule has 0 aliphatic carbocycles. The Hall–Kier alpha value is -0.940. The second kappa shape index (κ2) is 5.82. The molecule has 2 aliphatic rings. The molecule has 2 bridgehead atoms. The van der Waals surface area contributed by atoms with Crippen molar-refractivity contribution in [2.24, 2.45) is 11.8 Å². The summed E-state index contributed by atoms with van der Waals surface area (Å²) in [5.41, 5.74) is 2.32. The molecule has 4 heteroatoms. The number of fused-ring (bicyclic) bond motifs is 3. The van der Waals surface area contributed by atoms with Crippen molar-refractivity contribution in [2.75, 3.05) is 6.61 Å². The molecule has 1 aromatic rings. The van der Waals surface area contributed by atoms with Gasteiger partial charge in [0.25, 0.3) is 0 Å². The highest BCUT2D eigenvalue weighted by molar-refractivity contribution is 5.26. The zero-order valence-electron chi connectivity index (χ0n) is 12.0. The second-order valence-electron chi connectivity index (χ2n) is 5.84. The van der Waals surface area contributed by atoms with Crippen molar-refractivity contribution in [3.63, 3.8) is 0 Å². The quantitative estimate of drug-likeness (QED) is 0.789. The molecule has 3 rings (SSSR count). The van der Waals surface area contributed by atoms with E-state index in [0.29, 0.717) is 19.8 Å². The molecular weight excluding hydrogens is 256 g/mol. The summed E-state index contributed by atoms with van der Waals surface area (Å²) in [6, 6.07) is 8.17. The molecule has 5 atom stereocenters. The number of ether oxygens (including phenoxy) is 3. The summed E-state index contributed by atoms with van der Waals surface area (Å²) >= 11 is 0. The molecule has 0 amide bonds. The number of hydrogen-bond acceptors (Lipinski definition) is 4. The van der Waals surface area contributed by atoms with E-state index in [1.165, 1.54) is 0 Å². The van der Waals surface area contributed by atoms with Gasteiger partial charge in [-0.1, -0.05) is 38.1 Å². The van der Waals surface area contributed by atoms with Crippen molar-refractivity contribution >= 4 is 0 Å². The van der Waals surface area contributed by atoms with Crippen molar-refractivity contribution in [3.05, 3.63) is 35.4 Å². The number of hydrogen-bond donors (Lipinski definition) is 1. The summed E-state index contributed by atoms with van der Waals surface area (Å²) in [6.07, 6.45) is -0.908. The summed E-state index contributed by atoms with van der Waals surface area (Å²) in [4.78, 5) is 0. The van der Waals surface area contributed by atoms with Gasteiger partial charge in [0.2, 0.25) is 0 Å². The van der Waals surface area contributed by atoms with Gasteiger partial charge in [-0.3, -0.25) is 0 Å². The van der Waals surface area contributed by atoms with Gasteiger partial charge in [-0.2, -0.15) is 0 Å². The molecule has 2 aliphatic heterocycles. The third-order valence-corrected chi connectivity index (χ3v) is 4.48. The Kier molecular flexibility index (Phi) is 4.08. The fourth-order valence-corrected chi connectivity index (χ4v) is 3.08. The van der Waals surface area contributed by atoms with Crippen LogP contribution in [0, 0.1) is 11.8 Å². The van der Waals surface area contributed by atoms with Crippen LogP contribution in [0.2, 0.25) is 0 Å². The Morgan fingerprint density at radius 1 is 1.05 bits per heavy atom. The fraction of sp³-hybridized carbons (Fsp3) is 0.625. The molecule has 0 radical (unpaired) electrons. The van der Waals surface area contributed by atoms with E-state index >= 15 is 0 Å². The van der Waals surface area contributed by atoms with Crippen molar-refractivity contribution in [3.8, 4) is 0 Å². The number of aliphatic hydroxyl groups is 1. The maximum atomic E-state index is 10.0. The lowest BCUT2D eigenvalue weighted by Gasteiger charge is -2.43. The zero-order chi connectivity index (χ0) is 14.1. The van der Waals surface area contributed by atoms with Crippen LogP contribution in [0.15, 0.2) is 24.3 Å². The van der Waals surface area contributed by atoms with Crippen LogP contribution < -0.4 is 0 Å². The lowest BCUT2D eigenvalue weighted by molar-refractivity contribution is -0.262. The van der Waals surface area contributed by atoms with E-state index in [4.69, 9.17) is 14.2 Å². The highest BCUT2D eigenvalue weighted by Gasteiger charge is 2.41. The molecule has 0 saturated carbocycles. The molecule has 0 spiro atoms. The summed E-state index contributed by atoms with van der Waals surface area (Å²) in [6.45, 7) is 5.68. The topological polar surface area (TPSA) is 47.9 Å². The maximum absolute atomic E-state index is 10.0. The molecule has 110 valence electrons. The Morgan fingerprint density at radius 2 is 1.75 bits per heavy atom. The van der Waals surface area contributed by atoms with Crippen LogP contribution in [0.25, 0.3) is 0 Å². The first-order chi connectivity index (χ1) is 9.66.